The van der Waals surface area contributed by atoms with Crippen LogP contribution in [-0.4, -0.2) is 25.1 Å². The normalized spacial score (nSPS) is 11.1. The maximum atomic E-state index is 12.9. The first-order valence-electron chi connectivity index (χ1n) is 9.09. The standard InChI is InChI=1S/C21H19N5OS/c1-25-19(23-24-21(25)28-13-7-6-12-22)14-26-17-10-4-2-8-15(17)20(27)16-9-3-5-11-18(16)26/h2-5,8-11H,6-7,13-14H2,1H3. The number of nitrogens with zero attached hydrogens (tertiary/aromatic N) is 5. The molecular formula is C21H19N5OS. The Bertz CT molecular complexity index is 1190. The summed E-state index contributed by atoms with van der Waals surface area (Å²) in [7, 11) is 1.95. The molecule has 2 heterocycles. The first-order valence-corrected chi connectivity index (χ1v) is 10.1. The molecule has 2 aromatic carbocycles. The molecule has 6 nitrogen and oxygen atoms in total. The molecule has 0 amide bonds. The molecular weight excluding hydrogens is 370 g/mol. The Balaban J connectivity index is 1.76. The van der Waals surface area contributed by atoms with Crippen LogP contribution in [0, 0.1) is 11.3 Å². The van der Waals surface area contributed by atoms with E-state index in [1.54, 1.807) is 11.8 Å². The van der Waals surface area contributed by atoms with Crippen LogP contribution in [0.3, 0.4) is 0 Å². The number of nitriles is 1. The number of benzene rings is 2. The van der Waals surface area contributed by atoms with Crippen molar-refractivity contribution in [1.82, 2.24) is 19.3 Å². The molecule has 28 heavy (non-hydrogen) atoms. The van der Waals surface area contributed by atoms with Crippen molar-refractivity contribution >= 4 is 33.6 Å². The number of aromatic nitrogens is 4. The Morgan fingerprint density at radius 1 is 1.04 bits per heavy atom. The van der Waals surface area contributed by atoms with E-state index in [0.29, 0.717) is 23.7 Å². The molecule has 0 aliphatic carbocycles. The van der Waals surface area contributed by atoms with Gasteiger partial charge in [0.25, 0.3) is 0 Å². The fourth-order valence-electron chi connectivity index (χ4n) is 3.31. The molecule has 2 aromatic heterocycles. The zero-order chi connectivity index (χ0) is 19.5. The van der Waals surface area contributed by atoms with Crippen molar-refractivity contribution in [2.75, 3.05) is 5.75 Å². The van der Waals surface area contributed by atoms with Crippen LogP contribution in [0.25, 0.3) is 21.8 Å². The second-order valence-electron chi connectivity index (χ2n) is 6.52. The Hall–Kier alpha value is -3.11. The Morgan fingerprint density at radius 2 is 1.68 bits per heavy atom. The minimum atomic E-state index is 0.0501. The van der Waals surface area contributed by atoms with E-state index in [4.69, 9.17) is 5.26 Å². The van der Waals surface area contributed by atoms with E-state index in [-0.39, 0.29) is 5.43 Å². The SMILES string of the molecule is Cn1c(Cn2c3ccccc3c(=O)c3ccccc32)nnc1SCCCC#N. The van der Waals surface area contributed by atoms with Gasteiger partial charge in [0.05, 0.1) is 23.6 Å². The molecule has 0 fully saturated rings. The molecule has 0 bridgehead atoms. The van der Waals surface area contributed by atoms with Gasteiger partial charge in [-0.2, -0.15) is 5.26 Å². The first kappa shape index (κ1) is 18.3. The van der Waals surface area contributed by atoms with E-state index >= 15 is 0 Å². The lowest BCUT2D eigenvalue weighted by Gasteiger charge is -2.14. The number of unbranched alkanes of at least 4 members (excludes halogenated alkanes) is 1. The number of para-hydroxylation sites is 2. The Morgan fingerprint density at radius 3 is 2.32 bits per heavy atom. The molecule has 0 aliphatic rings. The third kappa shape index (κ3) is 3.27. The van der Waals surface area contributed by atoms with Crippen LogP contribution >= 0.6 is 11.8 Å². The average Bonchev–Trinajstić information content (AvgIpc) is 3.08. The third-order valence-corrected chi connectivity index (χ3v) is 5.87. The smallest absolute Gasteiger partial charge is 0.197 e. The Labute approximate surface area is 166 Å². The zero-order valence-electron chi connectivity index (χ0n) is 15.5. The zero-order valence-corrected chi connectivity index (χ0v) is 16.3. The molecule has 7 heteroatoms. The van der Waals surface area contributed by atoms with Crippen LogP contribution in [0.4, 0.5) is 0 Å². The van der Waals surface area contributed by atoms with E-state index < -0.39 is 0 Å². The third-order valence-electron chi connectivity index (χ3n) is 4.77. The fraction of sp³-hybridized carbons (Fsp3) is 0.238. The highest BCUT2D eigenvalue weighted by molar-refractivity contribution is 7.99. The monoisotopic (exact) mass is 389 g/mol. The summed E-state index contributed by atoms with van der Waals surface area (Å²) in [4.78, 5) is 12.9. The van der Waals surface area contributed by atoms with Crippen LogP contribution < -0.4 is 5.43 Å². The molecule has 0 atom stereocenters. The van der Waals surface area contributed by atoms with E-state index in [0.717, 1.165) is 34.2 Å². The Kier molecular flexibility index (Phi) is 5.13. The quantitative estimate of drug-likeness (QED) is 0.285. The summed E-state index contributed by atoms with van der Waals surface area (Å²) < 4.78 is 4.11. The molecule has 0 saturated heterocycles. The topological polar surface area (TPSA) is 76.5 Å². The van der Waals surface area contributed by atoms with Gasteiger partial charge < -0.3 is 9.13 Å². The van der Waals surface area contributed by atoms with Crippen molar-refractivity contribution in [3.8, 4) is 6.07 Å². The number of hydrogen-bond acceptors (Lipinski definition) is 5. The summed E-state index contributed by atoms with van der Waals surface area (Å²) in [5.41, 5.74) is 1.82. The van der Waals surface area contributed by atoms with Crippen LogP contribution in [0.2, 0.25) is 0 Å². The molecule has 140 valence electrons. The molecule has 4 rings (SSSR count). The van der Waals surface area contributed by atoms with Crippen molar-refractivity contribution in [2.24, 2.45) is 7.05 Å². The summed E-state index contributed by atoms with van der Waals surface area (Å²) in [6, 6.07) is 17.5. The highest BCUT2D eigenvalue weighted by Gasteiger charge is 2.14. The van der Waals surface area contributed by atoms with Gasteiger partial charge in [0, 0.05) is 30.0 Å². The molecule has 4 aromatic rings. The lowest BCUT2D eigenvalue weighted by Crippen LogP contribution is -2.14. The molecule has 0 saturated carbocycles. The lowest BCUT2D eigenvalue weighted by atomic mass is 10.1. The van der Waals surface area contributed by atoms with Crippen LogP contribution in [0.1, 0.15) is 18.7 Å². The highest BCUT2D eigenvalue weighted by atomic mass is 32.2. The second-order valence-corrected chi connectivity index (χ2v) is 7.58. The molecule has 0 N–H and O–H groups in total. The predicted molar refractivity (Wildman–Crippen MR) is 111 cm³/mol. The van der Waals surface area contributed by atoms with Gasteiger partial charge in [-0.1, -0.05) is 36.0 Å². The van der Waals surface area contributed by atoms with Gasteiger partial charge in [0.1, 0.15) is 0 Å². The minimum Gasteiger partial charge on any atom is -0.333 e. The molecule has 0 unspecified atom stereocenters. The van der Waals surface area contributed by atoms with E-state index in [1.807, 2.05) is 60.1 Å². The van der Waals surface area contributed by atoms with Crippen molar-refractivity contribution < 1.29 is 0 Å². The summed E-state index contributed by atoms with van der Waals surface area (Å²) in [6.07, 6.45) is 1.38. The van der Waals surface area contributed by atoms with Crippen LogP contribution in [-0.2, 0) is 13.6 Å². The maximum absolute atomic E-state index is 12.9. The summed E-state index contributed by atoms with van der Waals surface area (Å²) in [6.45, 7) is 0.517. The van der Waals surface area contributed by atoms with Gasteiger partial charge in [-0.3, -0.25) is 4.79 Å². The number of rotatable bonds is 6. The lowest BCUT2D eigenvalue weighted by molar-refractivity contribution is 0.696. The van der Waals surface area contributed by atoms with Gasteiger partial charge in [-0.25, -0.2) is 0 Å². The van der Waals surface area contributed by atoms with Gasteiger partial charge in [-0.05, 0) is 30.7 Å². The first-order chi connectivity index (χ1) is 13.7. The molecule has 0 radical (unpaired) electrons. The average molecular weight is 389 g/mol. The van der Waals surface area contributed by atoms with E-state index in [9.17, 15) is 4.79 Å². The summed E-state index contributed by atoms with van der Waals surface area (Å²) in [5, 5.41) is 19.6. The van der Waals surface area contributed by atoms with Crippen molar-refractivity contribution in [1.29, 1.82) is 5.26 Å². The number of hydrogen-bond donors (Lipinski definition) is 0. The van der Waals surface area contributed by atoms with Crippen molar-refractivity contribution in [3.05, 3.63) is 64.6 Å². The van der Waals surface area contributed by atoms with Gasteiger partial charge in [-0.15, -0.1) is 10.2 Å². The van der Waals surface area contributed by atoms with Crippen LogP contribution in [0.15, 0.2) is 58.5 Å². The number of fused-ring (bicyclic) bond motifs is 2. The predicted octanol–water partition coefficient (Wildman–Crippen LogP) is 3.73. The van der Waals surface area contributed by atoms with Gasteiger partial charge in [0.2, 0.25) is 0 Å². The summed E-state index contributed by atoms with van der Waals surface area (Å²) in [5.74, 6) is 1.66. The van der Waals surface area contributed by atoms with E-state index in [1.165, 1.54) is 0 Å². The van der Waals surface area contributed by atoms with Crippen molar-refractivity contribution in [2.45, 2.75) is 24.5 Å². The second kappa shape index (κ2) is 7.87. The molecule has 0 spiro atoms. The molecule has 0 aliphatic heterocycles. The largest absolute Gasteiger partial charge is 0.333 e. The van der Waals surface area contributed by atoms with Gasteiger partial charge >= 0.3 is 0 Å². The minimum absolute atomic E-state index is 0.0501. The van der Waals surface area contributed by atoms with E-state index in [2.05, 4.69) is 20.8 Å². The van der Waals surface area contributed by atoms with Gasteiger partial charge in [0.15, 0.2) is 16.4 Å². The highest BCUT2D eigenvalue weighted by Crippen LogP contribution is 2.22. The number of thioether (sulfide) groups is 1. The van der Waals surface area contributed by atoms with Crippen molar-refractivity contribution in [3.63, 3.8) is 0 Å². The number of pyridine rings is 1. The van der Waals surface area contributed by atoms with Crippen LogP contribution in [0.5, 0.6) is 0 Å². The fourth-order valence-corrected chi connectivity index (χ4v) is 4.18. The maximum Gasteiger partial charge on any atom is 0.197 e. The summed E-state index contributed by atoms with van der Waals surface area (Å²) >= 11 is 1.61.